The lowest BCUT2D eigenvalue weighted by molar-refractivity contribution is -0.143. The number of nitrogens with one attached hydrogen (secondary N) is 1. The monoisotopic (exact) mass is 177 g/mol. The van der Waals surface area contributed by atoms with E-state index in [9.17, 15) is 4.79 Å². The van der Waals surface area contributed by atoms with Gasteiger partial charge in [0.15, 0.2) is 0 Å². The summed E-state index contributed by atoms with van der Waals surface area (Å²) >= 11 is 0. The number of carbonyl (C=O) groups is 1. The molecule has 3 nitrogen and oxygen atoms in total. The minimum atomic E-state index is -0.0171. The topological polar surface area (TPSA) is 38.3 Å². The Bertz CT molecular complexity index is 164. The summed E-state index contributed by atoms with van der Waals surface area (Å²) in [4.78, 5) is 10.9. The van der Waals surface area contributed by atoms with Crippen molar-refractivity contribution in [2.24, 2.45) is 17.8 Å². The molecular weight excluding hydrogens is 166 g/mol. The average Bonchev–Trinajstić information content (AvgIpc) is 2.43. The Balaban J connectivity index is 0.000000605. The SMILES string of the molecule is COC(=O)C1[C@H]2CNC[C@@H]12.Cl. The standard InChI is InChI=1S/C7H11NO2.ClH/c1-10-7(9)6-4-2-8-3-5(4)6;/h4-6,8H,2-3H2,1H3;1H/t4-,5+,6?;. The summed E-state index contributed by atoms with van der Waals surface area (Å²) in [5.41, 5.74) is 0. The second kappa shape index (κ2) is 2.99. The molecule has 1 saturated heterocycles. The summed E-state index contributed by atoms with van der Waals surface area (Å²) in [7, 11) is 1.46. The smallest absolute Gasteiger partial charge is 0.309 e. The van der Waals surface area contributed by atoms with Crippen LogP contribution in [0.15, 0.2) is 0 Å². The van der Waals surface area contributed by atoms with Gasteiger partial charge in [0.1, 0.15) is 0 Å². The van der Waals surface area contributed by atoms with Crippen molar-refractivity contribution in [3.63, 3.8) is 0 Å². The molecule has 2 aliphatic rings. The number of ether oxygens (including phenoxy) is 1. The molecule has 0 spiro atoms. The molecule has 1 aliphatic carbocycles. The number of esters is 1. The Morgan fingerprint density at radius 3 is 2.45 bits per heavy atom. The molecule has 4 heteroatoms. The molecule has 1 aliphatic heterocycles. The van der Waals surface area contributed by atoms with E-state index in [1.807, 2.05) is 0 Å². The summed E-state index contributed by atoms with van der Waals surface area (Å²) in [6.07, 6.45) is 0. The molecule has 0 amide bonds. The van der Waals surface area contributed by atoms with E-state index in [0.717, 1.165) is 13.1 Å². The fraction of sp³-hybridized carbons (Fsp3) is 0.857. The maximum atomic E-state index is 10.9. The zero-order valence-corrected chi connectivity index (χ0v) is 7.19. The number of halogens is 1. The number of methoxy groups -OCH3 is 1. The van der Waals surface area contributed by atoms with Gasteiger partial charge in [-0.1, -0.05) is 0 Å². The van der Waals surface area contributed by atoms with Gasteiger partial charge in [0.05, 0.1) is 13.0 Å². The molecular formula is C7H12ClNO2. The number of carbonyl (C=O) groups excluding carboxylic acids is 1. The summed E-state index contributed by atoms with van der Waals surface area (Å²) < 4.78 is 4.64. The minimum Gasteiger partial charge on any atom is -0.469 e. The number of hydrogen-bond donors (Lipinski definition) is 1. The lowest BCUT2D eigenvalue weighted by Gasteiger charge is -2.00. The first-order chi connectivity index (χ1) is 4.84. The fourth-order valence-corrected chi connectivity index (χ4v) is 1.90. The number of rotatable bonds is 1. The minimum absolute atomic E-state index is 0. The van der Waals surface area contributed by atoms with Crippen molar-refractivity contribution >= 4 is 18.4 Å². The van der Waals surface area contributed by atoms with Crippen LogP contribution in [0, 0.1) is 17.8 Å². The van der Waals surface area contributed by atoms with Crippen LogP contribution in [-0.2, 0) is 9.53 Å². The zero-order chi connectivity index (χ0) is 7.14. The molecule has 1 N–H and O–H groups in total. The molecule has 1 saturated carbocycles. The molecule has 64 valence electrons. The quantitative estimate of drug-likeness (QED) is 0.576. The maximum Gasteiger partial charge on any atom is 0.309 e. The van der Waals surface area contributed by atoms with E-state index in [0.29, 0.717) is 11.8 Å². The zero-order valence-electron chi connectivity index (χ0n) is 6.37. The molecule has 0 aromatic rings. The van der Waals surface area contributed by atoms with Crippen molar-refractivity contribution in [3.05, 3.63) is 0 Å². The predicted molar refractivity (Wildman–Crippen MR) is 42.6 cm³/mol. The molecule has 3 atom stereocenters. The van der Waals surface area contributed by atoms with Crippen molar-refractivity contribution in [1.82, 2.24) is 5.32 Å². The van der Waals surface area contributed by atoms with Gasteiger partial charge in [-0.3, -0.25) is 4.79 Å². The first-order valence-electron chi connectivity index (χ1n) is 3.63. The van der Waals surface area contributed by atoms with Crippen LogP contribution in [0.5, 0.6) is 0 Å². The predicted octanol–water partition coefficient (Wildman–Crippen LogP) is 0.0466. The Morgan fingerprint density at radius 2 is 2.00 bits per heavy atom. The maximum absolute atomic E-state index is 10.9. The van der Waals surface area contributed by atoms with Crippen molar-refractivity contribution in [2.75, 3.05) is 20.2 Å². The number of fused-ring (bicyclic) bond motifs is 1. The molecule has 2 rings (SSSR count). The van der Waals surface area contributed by atoms with Gasteiger partial charge in [0, 0.05) is 0 Å². The van der Waals surface area contributed by atoms with Crippen LogP contribution < -0.4 is 5.32 Å². The molecule has 0 aromatic carbocycles. The highest BCUT2D eigenvalue weighted by Gasteiger charge is 2.57. The van der Waals surface area contributed by atoms with E-state index in [1.54, 1.807) is 0 Å². The molecule has 11 heavy (non-hydrogen) atoms. The van der Waals surface area contributed by atoms with E-state index in [-0.39, 0.29) is 24.3 Å². The van der Waals surface area contributed by atoms with Gasteiger partial charge in [0.2, 0.25) is 0 Å². The highest BCUT2D eigenvalue weighted by atomic mass is 35.5. The normalized spacial score (nSPS) is 38.8. The third-order valence-electron chi connectivity index (χ3n) is 2.57. The summed E-state index contributed by atoms with van der Waals surface area (Å²) in [5, 5.41) is 3.22. The third-order valence-corrected chi connectivity index (χ3v) is 2.57. The van der Waals surface area contributed by atoms with Crippen LogP contribution in [0.3, 0.4) is 0 Å². The Morgan fingerprint density at radius 1 is 1.45 bits per heavy atom. The van der Waals surface area contributed by atoms with E-state index >= 15 is 0 Å². The third kappa shape index (κ3) is 1.23. The van der Waals surface area contributed by atoms with Crippen LogP contribution in [-0.4, -0.2) is 26.2 Å². The number of hydrogen-bond acceptors (Lipinski definition) is 3. The Hall–Kier alpha value is -0.280. The highest BCUT2D eigenvalue weighted by molar-refractivity contribution is 5.85. The van der Waals surface area contributed by atoms with Crippen LogP contribution in [0.2, 0.25) is 0 Å². The van der Waals surface area contributed by atoms with Crippen molar-refractivity contribution in [3.8, 4) is 0 Å². The van der Waals surface area contributed by atoms with Crippen molar-refractivity contribution < 1.29 is 9.53 Å². The molecule has 1 unspecified atom stereocenters. The van der Waals surface area contributed by atoms with Gasteiger partial charge in [-0.2, -0.15) is 0 Å². The lowest BCUT2D eigenvalue weighted by atomic mass is 10.3. The van der Waals surface area contributed by atoms with Gasteiger partial charge in [0.25, 0.3) is 0 Å². The molecule has 0 bridgehead atoms. The largest absolute Gasteiger partial charge is 0.469 e. The van der Waals surface area contributed by atoms with E-state index in [4.69, 9.17) is 0 Å². The van der Waals surface area contributed by atoms with Crippen LogP contribution in [0.25, 0.3) is 0 Å². The molecule has 2 fully saturated rings. The van der Waals surface area contributed by atoms with E-state index < -0.39 is 0 Å². The van der Waals surface area contributed by atoms with Crippen molar-refractivity contribution in [2.45, 2.75) is 0 Å². The van der Waals surface area contributed by atoms with Gasteiger partial charge in [-0.15, -0.1) is 12.4 Å². The summed E-state index contributed by atoms with van der Waals surface area (Å²) in [5.74, 6) is 1.39. The molecule has 0 radical (unpaired) electrons. The first-order valence-corrected chi connectivity index (χ1v) is 3.63. The fourth-order valence-electron chi connectivity index (χ4n) is 1.90. The number of piperidine rings is 1. The highest BCUT2D eigenvalue weighted by Crippen LogP contribution is 2.49. The summed E-state index contributed by atoms with van der Waals surface area (Å²) in [6, 6.07) is 0. The molecule has 0 aromatic heterocycles. The Kier molecular flexibility index (Phi) is 2.40. The van der Waals surface area contributed by atoms with Gasteiger partial charge >= 0.3 is 5.97 Å². The van der Waals surface area contributed by atoms with Crippen LogP contribution in [0.1, 0.15) is 0 Å². The van der Waals surface area contributed by atoms with E-state index in [1.165, 1.54) is 7.11 Å². The van der Waals surface area contributed by atoms with E-state index in [2.05, 4.69) is 10.1 Å². The molecule has 1 heterocycles. The van der Waals surface area contributed by atoms with Crippen LogP contribution in [0.4, 0.5) is 0 Å². The lowest BCUT2D eigenvalue weighted by Crippen LogP contribution is -2.19. The summed E-state index contributed by atoms with van der Waals surface area (Å²) in [6.45, 7) is 2.01. The van der Waals surface area contributed by atoms with Gasteiger partial charge in [-0.25, -0.2) is 0 Å². The van der Waals surface area contributed by atoms with Gasteiger partial charge < -0.3 is 10.1 Å². The van der Waals surface area contributed by atoms with Gasteiger partial charge in [-0.05, 0) is 24.9 Å². The first kappa shape index (κ1) is 8.81. The second-order valence-corrected chi connectivity index (χ2v) is 3.03. The Labute approximate surface area is 71.9 Å². The average molecular weight is 178 g/mol. The van der Waals surface area contributed by atoms with Crippen molar-refractivity contribution in [1.29, 1.82) is 0 Å². The second-order valence-electron chi connectivity index (χ2n) is 3.03. The van der Waals surface area contributed by atoms with Crippen LogP contribution >= 0.6 is 12.4 Å².